The van der Waals surface area contributed by atoms with Crippen molar-refractivity contribution in [3.63, 3.8) is 0 Å². The molecule has 1 amide bonds. The molecule has 1 aromatic carbocycles. The third-order valence-corrected chi connectivity index (χ3v) is 6.43. The first-order valence-corrected chi connectivity index (χ1v) is 11.8. The minimum atomic E-state index is -0.578. The Balaban J connectivity index is 1.98. The molecule has 0 atom stereocenters. The number of fused-ring (bicyclic) bond motifs is 2. The average molecular weight is 465 g/mol. The molecule has 0 radical (unpaired) electrons. The van der Waals surface area contributed by atoms with Crippen LogP contribution in [0.4, 0.5) is 10.5 Å². The molecule has 3 rings (SSSR count). The third kappa shape index (κ3) is 5.57. The number of nitrogens with zero attached hydrogens (tertiary/aromatic N) is 2. The monoisotopic (exact) mass is 464 g/mol. The van der Waals surface area contributed by atoms with E-state index in [1.165, 1.54) is 0 Å². The van der Waals surface area contributed by atoms with E-state index in [0.29, 0.717) is 18.0 Å². The molecule has 32 heavy (non-hydrogen) atoms. The zero-order valence-electron chi connectivity index (χ0n) is 20.5. The van der Waals surface area contributed by atoms with E-state index in [1.807, 2.05) is 53.7 Å². The summed E-state index contributed by atoms with van der Waals surface area (Å²) in [6, 6.07) is 3.75. The van der Waals surface area contributed by atoms with E-state index in [0.717, 1.165) is 42.7 Å². The van der Waals surface area contributed by atoms with Crippen molar-refractivity contribution in [2.75, 3.05) is 31.6 Å². The van der Waals surface area contributed by atoms with Crippen LogP contribution >= 0.6 is 11.6 Å². The van der Waals surface area contributed by atoms with E-state index in [2.05, 4.69) is 11.9 Å². The van der Waals surface area contributed by atoms with E-state index >= 15 is 0 Å². The van der Waals surface area contributed by atoms with Crippen LogP contribution in [0.3, 0.4) is 0 Å². The Kier molecular flexibility index (Phi) is 6.88. The number of likely N-dealkylation sites (tertiary alicyclic amines) is 1. The highest BCUT2D eigenvalue weighted by molar-refractivity contribution is 6.31. The summed E-state index contributed by atoms with van der Waals surface area (Å²) in [5, 5.41) is 0.636. The minimum Gasteiger partial charge on any atom is -0.460 e. The van der Waals surface area contributed by atoms with E-state index in [1.54, 1.807) is 4.90 Å². The number of hydrogen-bond acceptors (Lipinski definition) is 5. The van der Waals surface area contributed by atoms with Gasteiger partial charge in [0.05, 0.1) is 5.69 Å². The summed E-state index contributed by atoms with van der Waals surface area (Å²) < 4.78 is 11.2. The van der Waals surface area contributed by atoms with Crippen molar-refractivity contribution >= 4 is 29.4 Å². The molecule has 0 N–H and O–H groups in total. The van der Waals surface area contributed by atoms with Crippen LogP contribution in [0.15, 0.2) is 12.1 Å². The molecule has 2 aliphatic heterocycles. The molecule has 1 fully saturated rings. The van der Waals surface area contributed by atoms with Gasteiger partial charge in [0.25, 0.3) is 0 Å². The second kappa shape index (κ2) is 8.86. The van der Waals surface area contributed by atoms with Crippen molar-refractivity contribution in [1.29, 1.82) is 0 Å². The number of ether oxygens (including phenoxy) is 2. The molecule has 7 heteroatoms. The van der Waals surface area contributed by atoms with Gasteiger partial charge < -0.3 is 14.4 Å². The van der Waals surface area contributed by atoms with Crippen LogP contribution in [-0.4, -0.2) is 54.8 Å². The maximum atomic E-state index is 13.1. The van der Waals surface area contributed by atoms with Gasteiger partial charge in [0.2, 0.25) is 0 Å². The number of benzene rings is 1. The lowest BCUT2D eigenvalue weighted by molar-refractivity contribution is -0.154. The van der Waals surface area contributed by atoms with Gasteiger partial charge in [-0.15, -0.1) is 0 Å². The lowest BCUT2D eigenvalue weighted by Gasteiger charge is -2.39. The largest absolute Gasteiger partial charge is 0.460 e. The molecular weight excluding hydrogens is 428 g/mol. The zero-order chi connectivity index (χ0) is 23.9. The standard InChI is InChI=1S/C25H37ClN2O4/c1-23(2,3)31-20(29)11-8-17-18(26)9-10-19-21(17)25(12-14-27(7)15-13-25)16-28(19)22(30)32-24(4,5)6/h9-10H,8,11-16H2,1-7H3. The normalized spacial score (nSPS) is 18.6. The molecule has 1 aromatic rings. The second-order valence-corrected chi connectivity index (χ2v) is 11.6. The van der Waals surface area contributed by atoms with E-state index in [4.69, 9.17) is 21.1 Å². The SMILES string of the molecule is CN1CCC2(CC1)CN(C(=O)OC(C)(C)C)c1ccc(Cl)c(CCC(=O)OC(C)(C)C)c12. The Morgan fingerprint density at radius 1 is 1.03 bits per heavy atom. The Morgan fingerprint density at radius 2 is 1.62 bits per heavy atom. The van der Waals surface area contributed by atoms with E-state index in [9.17, 15) is 9.59 Å². The zero-order valence-corrected chi connectivity index (χ0v) is 21.3. The average Bonchev–Trinajstić information content (AvgIpc) is 2.95. The topological polar surface area (TPSA) is 59.1 Å². The number of carbonyl (C=O) groups excluding carboxylic acids is 2. The van der Waals surface area contributed by atoms with E-state index < -0.39 is 11.2 Å². The minimum absolute atomic E-state index is 0.188. The molecule has 1 saturated heterocycles. The number of piperidine rings is 1. The fourth-order valence-electron chi connectivity index (χ4n) is 4.69. The van der Waals surface area contributed by atoms with Crippen molar-refractivity contribution in [3.8, 4) is 0 Å². The maximum Gasteiger partial charge on any atom is 0.414 e. The molecule has 2 heterocycles. The van der Waals surface area contributed by atoms with Gasteiger partial charge in [-0.2, -0.15) is 0 Å². The van der Waals surface area contributed by atoms with Gasteiger partial charge in [-0.3, -0.25) is 9.69 Å². The van der Waals surface area contributed by atoms with Crippen LogP contribution in [-0.2, 0) is 26.1 Å². The molecule has 1 spiro atoms. The number of rotatable bonds is 3. The van der Waals surface area contributed by atoms with Crippen LogP contribution in [0.2, 0.25) is 5.02 Å². The molecule has 0 bridgehead atoms. The molecule has 2 aliphatic rings. The number of halogens is 1. The number of hydrogen-bond donors (Lipinski definition) is 0. The van der Waals surface area contributed by atoms with Crippen molar-refractivity contribution in [2.45, 2.75) is 83.8 Å². The lowest BCUT2D eigenvalue weighted by Crippen LogP contribution is -2.46. The summed E-state index contributed by atoms with van der Waals surface area (Å²) in [6.45, 7) is 13.7. The predicted octanol–water partition coefficient (Wildman–Crippen LogP) is 5.33. The summed E-state index contributed by atoms with van der Waals surface area (Å²) in [6.07, 6.45) is 2.24. The van der Waals surface area contributed by atoms with E-state index in [-0.39, 0.29) is 23.9 Å². The third-order valence-electron chi connectivity index (χ3n) is 6.07. The first kappa shape index (κ1) is 24.8. The Bertz CT molecular complexity index is 877. The fourth-order valence-corrected chi connectivity index (χ4v) is 4.94. The predicted molar refractivity (Wildman–Crippen MR) is 128 cm³/mol. The van der Waals surface area contributed by atoms with Gasteiger partial charge in [0, 0.05) is 23.4 Å². The fraction of sp³-hybridized carbons (Fsp3) is 0.680. The van der Waals surface area contributed by atoms with Crippen LogP contribution in [0.1, 0.15) is 71.9 Å². The second-order valence-electron chi connectivity index (χ2n) is 11.2. The van der Waals surface area contributed by atoms with Crippen LogP contribution in [0.25, 0.3) is 0 Å². The highest BCUT2D eigenvalue weighted by Crippen LogP contribution is 2.50. The highest BCUT2D eigenvalue weighted by Gasteiger charge is 2.48. The Morgan fingerprint density at radius 3 is 2.19 bits per heavy atom. The number of carbonyl (C=O) groups is 2. The first-order chi connectivity index (χ1) is 14.7. The molecule has 0 aliphatic carbocycles. The number of amides is 1. The molecule has 178 valence electrons. The van der Waals surface area contributed by atoms with Gasteiger partial charge in [0.15, 0.2) is 0 Å². The molecule has 6 nitrogen and oxygen atoms in total. The van der Waals surface area contributed by atoms with Gasteiger partial charge in [-0.05, 0) is 104 Å². The van der Waals surface area contributed by atoms with Gasteiger partial charge in [-0.25, -0.2) is 4.79 Å². The van der Waals surface area contributed by atoms with Crippen molar-refractivity contribution in [2.24, 2.45) is 0 Å². The van der Waals surface area contributed by atoms with Crippen molar-refractivity contribution in [1.82, 2.24) is 4.90 Å². The summed E-state index contributed by atoms with van der Waals surface area (Å²) in [7, 11) is 2.12. The summed E-state index contributed by atoms with van der Waals surface area (Å²) in [5.41, 5.74) is 1.62. The van der Waals surface area contributed by atoms with Crippen molar-refractivity contribution in [3.05, 3.63) is 28.3 Å². The summed E-state index contributed by atoms with van der Waals surface area (Å²) in [4.78, 5) is 29.6. The Labute approximate surface area is 197 Å². The maximum absolute atomic E-state index is 13.1. The molecular formula is C25H37ClN2O4. The van der Waals surface area contributed by atoms with Gasteiger partial charge in [-0.1, -0.05) is 11.6 Å². The van der Waals surface area contributed by atoms with Crippen molar-refractivity contribution < 1.29 is 19.1 Å². The summed E-state index contributed by atoms with van der Waals surface area (Å²) in [5.74, 6) is -0.245. The highest BCUT2D eigenvalue weighted by atomic mass is 35.5. The molecule has 0 aromatic heterocycles. The summed E-state index contributed by atoms with van der Waals surface area (Å²) >= 11 is 6.69. The molecule has 0 unspecified atom stereocenters. The molecule has 0 saturated carbocycles. The number of esters is 1. The van der Waals surface area contributed by atoms with Gasteiger partial charge >= 0.3 is 12.1 Å². The quantitative estimate of drug-likeness (QED) is 0.565. The first-order valence-electron chi connectivity index (χ1n) is 11.4. The van der Waals surface area contributed by atoms with Gasteiger partial charge in [0.1, 0.15) is 11.2 Å². The smallest absolute Gasteiger partial charge is 0.414 e. The van der Waals surface area contributed by atoms with Crippen LogP contribution in [0.5, 0.6) is 0 Å². The Hall–Kier alpha value is -1.79. The van der Waals surface area contributed by atoms with Crippen LogP contribution < -0.4 is 4.90 Å². The lowest BCUT2D eigenvalue weighted by atomic mass is 9.72. The van der Waals surface area contributed by atoms with Crippen LogP contribution in [0, 0.1) is 0 Å². The number of anilines is 1.